The first-order valence-corrected chi connectivity index (χ1v) is 10.4. The van der Waals surface area contributed by atoms with Gasteiger partial charge in [-0.25, -0.2) is 9.97 Å². The molecule has 0 saturated heterocycles. The van der Waals surface area contributed by atoms with Crippen molar-refractivity contribution in [2.24, 2.45) is 0 Å². The third-order valence-electron chi connectivity index (χ3n) is 4.62. The highest BCUT2D eigenvalue weighted by Crippen LogP contribution is 2.31. The Bertz CT molecular complexity index is 1190. The van der Waals surface area contributed by atoms with Crippen LogP contribution in [0.3, 0.4) is 0 Å². The van der Waals surface area contributed by atoms with Crippen molar-refractivity contribution in [1.82, 2.24) is 20.1 Å². The lowest BCUT2D eigenvalue weighted by Gasteiger charge is -2.13. The monoisotopic (exact) mass is 426 g/mol. The lowest BCUT2D eigenvalue weighted by Crippen LogP contribution is -2.10. The summed E-state index contributed by atoms with van der Waals surface area (Å²) in [7, 11) is 0. The third-order valence-corrected chi connectivity index (χ3v) is 5.79. The van der Waals surface area contributed by atoms with Crippen molar-refractivity contribution < 1.29 is 9.32 Å². The Morgan fingerprint density at radius 3 is 2.72 bits per heavy atom. The summed E-state index contributed by atoms with van der Waals surface area (Å²) in [6, 6.07) is 1.77. The molecule has 148 valence electrons. The molecule has 29 heavy (non-hydrogen) atoms. The van der Waals surface area contributed by atoms with Crippen LogP contribution >= 0.6 is 22.9 Å². The van der Waals surface area contributed by atoms with Crippen LogP contribution in [0.1, 0.15) is 41.5 Å². The van der Waals surface area contributed by atoms with Gasteiger partial charge >= 0.3 is 0 Å². The van der Waals surface area contributed by atoms with Gasteiger partial charge in [0.25, 0.3) is 0 Å². The molecule has 6 nitrogen and oxygen atoms in total. The number of carbonyl (C=O) groups excluding carboxylic acids is 1. The fourth-order valence-corrected chi connectivity index (χ4v) is 4.51. The number of aryl methyl sites for hydroxylation is 1. The average Bonchev–Trinajstić information content (AvgIpc) is 3.30. The summed E-state index contributed by atoms with van der Waals surface area (Å²) in [5.41, 5.74) is 5.00. The lowest BCUT2D eigenvalue weighted by molar-refractivity contribution is -0.117. The van der Waals surface area contributed by atoms with Gasteiger partial charge in [-0.2, -0.15) is 0 Å². The predicted octanol–water partition coefficient (Wildman–Crippen LogP) is 5.18. The molecule has 0 aliphatic carbocycles. The van der Waals surface area contributed by atoms with Crippen LogP contribution in [0.4, 0.5) is 0 Å². The molecule has 0 aliphatic heterocycles. The second-order valence-corrected chi connectivity index (χ2v) is 8.81. The summed E-state index contributed by atoms with van der Waals surface area (Å²) >= 11 is 7.91. The number of fused-ring (bicyclic) bond motifs is 1. The van der Waals surface area contributed by atoms with E-state index in [0.717, 1.165) is 32.0 Å². The van der Waals surface area contributed by atoms with Crippen LogP contribution in [0.2, 0.25) is 5.02 Å². The number of ketones is 1. The van der Waals surface area contributed by atoms with E-state index in [-0.39, 0.29) is 18.1 Å². The van der Waals surface area contributed by atoms with Gasteiger partial charge < -0.3 is 4.52 Å². The number of thiazole rings is 1. The first-order chi connectivity index (χ1) is 13.9. The Hall–Kier alpha value is -2.64. The molecule has 4 aromatic heterocycles. The van der Waals surface area contributed by atoms with E-state index < -0.39 is 0 Å². The molecule has 0 fully saturated rings. The van der Waals surface area contributed by atoms with E-state index in [1.165, 1.54) is 6.26 Å². The Labute approximate surface area is 177 Å². The van der Waals surface area contributed by atoms with Crippen LogP contribution in [0.5, 0.6) is 0 Å². The van der Waals surface area contributed by atoms with Gasteiger partial charge in [-0.05, 0) is 35.6 Å². The zero-order valence-electron chi connectivity index (χ0n) is 16.3. The van der Waals surface area contributed by atoms with Crippen LogP contribution in [0.15, 0.2) is 35.4 Å². The Kier molecular flexibility index (Phi) is 5.43. The van der Waals surface area contributed by atoms with Crippen LogP contribution in [0.25, 0.3) is 21.6 Å². The minimum Gasteiger partial charge on any atom is -0.364 e. The molecule has 0 aromatic carbocycles. The highest BCUT2D eigenvalue weighted by atomic mass is 35.5. The van der Waals surface area contributed by atoms with Crippen molar-refractivity contribution >= 4 is 39.1 Å². The fraction of sp³-hybridized carbons (Fsp3) is 0.286. The van der Waals surface area contributed by atoms with Crippen molar-refractivity contribution in [3.8, 4) is 11.3 Å². The van der Waals surface area contributed by atoms with Gasteiger partial charge in [0.2, 0.25) is 0 Å². The normalized spacial score (nSPS) is 11.5. The molecule has 0 atom stereocenters. The minimum atomic E-state index is 0.0793. The van der Waals surface area contributed by atoms with Gasteiger partial charge in [0.05, 0.1) is 27.5 Å². The van der Waals surface area contributed by atoms with Crippen LogP contribution in [-0.4, -0.2) is 25.9 Å². The summed E-state index contributed by atoms with van der Waals surface area (Å²) in [4.78, 5) is 27.2. The first kappa shape index (κ1) is 19.7. The van der Waals surface area contributed by atoms with E-state index >= 15 is 0 Å². The second kappa shape index (κ2) is 8.00. The number of Topliss-reactive ketones (excluding diaryl/α,β-unsaturated/α-hetero) is 1. The van der Waals surface area contributed by atoms with Crippen molar-refractivity contribution in [2.75, 3.05) is 0 Å². The van der Waals surface area contributed by atoms with E-state index in [1.54, 1.807) is 29.8 Å². The van der Waals surface area contributed by atoms with Gasteiger partial charge in [0.1, 0.15) is 22.4 Å². The van der Waals surface area contributed by atoms with E-state index in [0.29, 0.717) is 22.7 Å². The fourth-order valence-electron chi connectivity index (χ4n) is 3.43. The number of hydrogen-bond donors (Lipinski definition) is 0. The molecule has 0 spiro atoms. The third kappa shape index (κ3) is 4.06. The first-order valence-electron chi connectivity index (χ1n) is 9.23. The number of pyridine rings is 2. The standard InChI is InChI=1S/C21H19ClN4O2S/c1-11(2)18-14(8-24-21-20(18)26-12(3)29-21)6-16(27)4-13-5-17(22)19(23-7-13)15-9-25-28-10-15/h5,7-11H,4,6H2,1-3H3. The number of rotatable bonds is 6. The lowest BCUT2D eigenvalue weighted by atomic mass is 9.94. The molecule has 0 amide bonds. The zero-order chi connectivity index (χ0) is 20.5. The SMILES string of the molecule is Cc1nc2c(C(C)C)c(CC(=O)Cc3cnc(-c4cnoc4)c(Cl)c3)cnc2s1. The smallest absolute Gasteiger partial charge is 0.143 e. The molecule has 0 unspecified atom stereocenters. The second-order valence-electron chi connectivity index (χ2n) is 7.22. The summed E-state index contributed by atoms with van der Waals surface area (Å²) in [6.45, 7) is 6.20. The maximum Gasteiger partial charge on any atom is 0.143 e. The molecule has 0 bridgehead atoms. The summed E-state index contributed by atoms with van der Waals surface area (Å²) in [6.07, 6.45) is 7.07. The topological polar surface area (TPSA) is 81.8 Å². The Morgan fingerprint density at radius 1 is 1.21 bits per heavy atom. The Balaban J connectivity index is 1.56. The molecule has 4 heterocycles. The molecule has 4 rings (SSSR count). The summed E-state index contributed by atoms with van der Waals surface area (Å²) < 4.78 is 4.83. The van der Waals surface area contributed by atoms with Gasteiger partial charge in [0.15, 0.2) is 0 Å². The molecular weight excluding hydrogens is 408 g/mol. The van der Waals surface area contributed by atoms with Gasteiger partial charge in [-0.3, -0.25) is 9.78 Å². The van der Waals surface area contributed by atoms with Crippen molar-refractivity contribution in [2.45, 2.75) is 39.5 Å². The van der Waals surface area contributed by atoms with E-state index in [9.17, 15) is 4.79 Å². The van der Waals surface area contributed by atoms with Gasteiger partial charge in [-0.1, -0.05) is 41.9 Å². The predicted molar refractivity (Wildman–Crippen MR) is 113 cm³/mol. The van der Waals surface area contributed by atoms with Crippen LogP contribution in [0, 0.1) is 6.92 Å². The number of carbonyl (C=O) groups is 1. The average molecular weight is 427 g/mol. The minimum absolute atomic E-state index is 0.0793. The van der Waals surface area contributed by atoms with Crippen LogP contribution < -0.4 is 0 Å². The zero-order valence-corrected chi connectivity index (χ0v) is 17.8. The molecule has 0 saturated carbocycles. The van der Waals surface area contributed by atoms with Crippen molar-refractivity contribution in [3.63, 3.8) is 0 Å². The largest absolute Gasteiger partial charge is 0.364 e. The molecule has 4 aromatic rings. The number of hydrogen-bond acceptors (Lipinski definition) is 7. The quantitative estimate of drug-likeness (QED) is 0.422. The summed E-state index contributed by atoms with van der Waals surface area (Å²) in [5.74, 6) is 0.333. The molecule has 0 N–H and O–H groups in total. The summed E-state index contributed by atoms with van der Waals surface area (Å²) in [5, 5.41) is 5.10. The highest BCUT2D eigenvalue weighted by Gasteiger charge is 2.18. The van der Waals surface area contributed by atoms with E-state index in [2.05, 4.69) is 34.0 Å². The van der Waals surface area contributed by atoms with Crippen molar-refractivity contribution in [3.05, 3.63) is 57.6 Å². The molecule has 8 heteroatoms. The number of aromatic nitrogens is 4. The molecule has 0 aliphatic rings. The maximum absolute atomic E-state index is 12.8. The van der Waals surface area contributed by atoms with Crippen LogP contribution in [-0.2, 0) is 17.6 Å². The van der Waals surface area contributed by atoms with E-state index in [1.807, 2.05) is 13.1 Å². The number of halogens is 1. The molecule has 0 radical (unpaired) electrons. The Morgan fingerprint density at radius 2 is 2.03 bits per heavy atom. The maximum atomic E-state index is 12.8. The van der Waals surface area contributed by atoms with Gasteiger partial charge in [0, 0.05) is 25.2 Å². The highest BCUT2D eigenvalue weighted by molar-refractivity contribution is 7.18. The number of nitrogens with zero attached hydrogens (tertiary/aromatic N) is 4. The molecular formula is C21H19ClN4O2S. The van der Waals surface area contributed by atoms with Crippen molar-refractivity contribution in [1.29, 1.82) is 0 Å². The van der Waals surface area contributed by atoms with E-state index in [4.69, 9.17) is 16.1 Å². The van der Waals surface area contributed by atoms with Gasteiger partial charge in [-0.15, -0.1) is 0 Å².